The Bertz CT molecular complexity index is 985. The van der Waals surface area contributed by atoms with Crippen LogP contribution in [0.3, 0.4) is 0 Å². The number of benzene rings is 2. The molecule has 0 unspecified atom stereocenters. The first-order chi connectivity index (χ1) is 15.5. The smallest absolute Gasteiger partial charge is 0.229 e. The molecule has 32 heavy (non-hydrogen) atoms. The van der Waals surface area contributed by atoms with E-state index in [4.69, 9.17) is 4.74 Å². The number of hydrogen-bond donors (Lipinski definition) is 1. The number of rotatable bonds is 6. The molecule has 1 atom stereocenters. The molecule has 4 rings (SSSR count). The summed E-state index contributed by atoms with van der Waals surface area (Å²) in [6, 6.07) is 13.6. The van der Waals surface area contributed by atoms with Gasteiger partial charge in [-0.1, -0.05) is 13.0 Å². The van der Waals surface area contributed by atoms with E-state index in [0.29, 0.717) is 12.3 Å². The van der Waals surface area contributed by atoms with Gasteiger partial charge in [-0.25, -0.2) is 0 Å². The zero-order chi connectivity index (χ0) is 22.7. The van der Waals surface area contributed by atoms with E-state index in [1.165, 1.54) is 5.69 Å². The third-order valence-corrected chi connectivity index (χ3v) is 6.51. The second kappa shape index (κ2) is 9.61. The van der Waals surface area contributed by atoms with Crippen molar-refractivity contribution in [3.63, 3.8) is 0 Å². The van der Waals surface area contributed by atoms with Gasteiger partial charge in [0.1, 0.15) is 5.75 Å². The van der Waals surface area contributed by atoms with Crippen LogP contribution >= 0.6 is 0 Å². The monoisotopic (exact) mass is 436 g/mol. The van der Waals surface area contributed by atoms with Gasteiger partial charge < -0.3 is 24.8 Å². The van der Waals surface area contributed by atoms with Crippen LogP contribution in [0.4, 0.5) is 17.1 Å². The molecule has 2 aliphatic rings. The van der Waals surface area contributed by atoms with Gasteiger partial charge in [0.05, 0.1) is 13.0 Å². The Kier molecular flexibility index (Phi) is 6.65. The highest BCUT2D eigenvalue weighted by atomic mass is 16.5. The lowest BCUT2D eigenvalue weighted by Crippen LogP contribution is -2.46. The number of ether oxygens (including phenoxy) is 1. The number of carbonyl (C=O) groups is 2. The maximum absolute atomic E-state index is 12.9. The molecular formula is C25H32N4O3. The Balaban J connectivity index is 1.39. The van der Waals surface area contributed by atoms with Crippen molar-refractivity contribution in [2.24, 2.45) is 5.92 Å². The zero-order valence-electron chi connectivity index (χ0n) is 19.1. The summed E-state index contributed by atoms with van der Waals surface area (Å²) in [5, 5.41) is 3.04. The van der Waals surface area contributed by atoms with Crippen LogP contribution in [-0.2, 0) is 9.59 Å². The Hall–Kier alpha value is -3.06. The highest BCUT2D eigenvalue weighted by Gasteiger charge is 2.35. The van der Waals surface area contributed by atoms with Gasteiger partial charge in [0, 0.05) is 62.3 Å². The molecule has 2 heterocycles. The van der Waals surface area contributed by atoms with Crippen molar-refractivity contribution in [3.8, 4) is 5.75 Å². The van der Waals surface area contributed by atoms with Crippen LogP contribution in [0.25, 0.3) is 0 Å². The summed E-state index contributed by atoms with van der Waals surface area (Å²) in [4.78, 5) is 32.0. The molecule has 0 saturated carbocycles. The first kappa shape index (κ1) is 22.1. The highest BCUT2D eigenvalue weighted by Crippen LogP contribution is 2.29. The van der Waals surface area contributed by atoms with Crippen molar-refractivity contribution in [2.45, 2.75) is 20.3 Å². The predicted molar refractivity (Wildman–Crippen MR) is 128 cm³/mol. The fourth-order valence-electron chi connectivity index (χ4n) is 4.45. The Morgan fingerprint density at radius 3 is 2.56 bits per heavy atom. The van der Waals surface area contributed by atoms with Gasteiger partial charge in [-0.15, -0.1) is 0 Å². The van der Waals surface area contributed by atoms with Gasteiger partial charge in [-0.3, -0.25) is 9.59 Å². The van der Waals surface area contributed by atoms with Crippen LogP contribution in [0, 0.1) is 12.8 Å². The van der Waals surface area contributed by atoms with Gasteiger partial charge in [0.15, 0.2) is 0 Å². The topological polar surface area (TPSA) is 65.1 Å². The van der Waals surface area contributed by atoms with Crippen LogP contribution in [0.5, 0.6) is 5.75 Å². The van der Waals surface area contributed by atoms with Crippen molar-refractivity contribution in [1.29, 1.82) is 0 Å². The zero-order valence-corrected chi connectivity index (χ0v) is 19.1. The molecule has 7 heteroatoms. The number of likely N-dealkylation sites (N-methyl/N-ethyl adjacent to an activating group) is 1. The van der Waals surface area contributed by atoms with E-state index >= 15 is 0 Å². The number of nitrogens with one attached hydrogen (secondary N) is 1. The lowest BCUT2D eigenvalue weighted by Gasteiger charge is -2.35. The van der Waals surface area contributed by atoms with Gasteiger partial charge in [0.2, 0.25) is 11.8 Å². The van der Waals surface area contributed by atoms with Crippen LogP contribution in [-0.4, -0.2) is 63.1 Å². The van der Waals surface area contributed by atoms with E-state index in [1.807, 2.05) is 37.3 Å². The molecular weight excluding hydrogens is 404 g/mol. The number of nitrogens with zero attached hydrogens (tertiary/aromatic N) is 3. The molecule has 2 aromatic carbocycles. The normalized spacial score (nSPS) is 19.3. The van der Waals surface area contributed by atoms with Crippen molar-refractivity contribution < 1.29 is 14.3 Å². The quantitative estimate of drug-likeness (QED) is 0.754. The van der Waals surface area contributed by atoms with Gasteiger partial charge in [-0.2, -0.15) is 0 Å². The number of hydrogen-bond acceptors (Lipinski definition) is 5. The van der Waals surface area contributed by atoms with Crippen LogP contribution in [0.1, 0.15) is 18.9 Å². The minimum Gasteiger partial charge on any atom is -0.497 e. The van der Waals surface area contributed by atoms with Crippen LogP contribution < -0.4 is 19.9 Å². The first-order valence-electron chi connectivity index (χ1n) is 11.3. The summed E-state index contributed by atoms with van der Waals surface area (Å²) in [5.41, 5.74) is 3.78. The number of anilines is 3. The van der Waals surface area contributed by atoms with Crippen LogP contribution in [0.15, 0.2) is 42.5 Å². The lowest BCUT2D eigenvalue weighted by molar-refractivity contribution is -0.122. The molecule has 1 N–H and O–H groups in total. The molecule has 2 amide bonds. The highest BCUT2D eigenvalue weighted by molar-refractivity contribution is 6.03. The maximum atomic E-state index is 12.9. The molecule has 2 fully saturated rings. The summed E-state index contributed by atoms with van der Waals surface area (Å²) < 4.78 is 5.26. The van der Waals surface area contributed by atoms with Gasteiger partial charge in [-0.05, 0) is 49.4 Å². The van der Waals surface area contributed by atoms with Crippen LogP contribution in [0.2, 0.25) is 0 Å². The molecule has 170 valence electrons. The first-order valence-corrected chi connectivity index (χ1v) is 11.3. The maximum Gasteiger partial charge on any atom is 0.229 e. The van der Waals surface area contributed by atoms with E-state index in [1.54, 1.807) is 12.0 Å². The molecule has 2 saturated heterocycles. The molecule has 0 radical (unpaired) electrons. The molecule has 0 aliphatic carbocycles. The summed E-state index contributed by atoms with van der Waals surface area (Å²) in [6.07, 6.45) is 0.210. The molecule has 2 aliphatic heterocycles. The number of amides is 2. The second-order valence-corrected chi connectivity index (χ2v) is 8.52. The standard InChI is InChI=1S/C25H32N4O3/c1-4-27-10-12-28(13-11-27)20-8-9-23(18(2)14-20)26-25(31)19-15-24(30)29(17-19)21-6-5-7-22(16-21)32-3/h5-9,14,16,19H,4,10-13,15,17H2,1-3H3,(H,26,31)/t19-/m0/s1. The third-order valence-electron chi connectivity index (χ3n) is 6.51. The minimum absolute atomic E-state index is 0.0447. The third kappa shape index (κ3) is 4.72. The molecule has 2 aromatic rings. The van der Waals surface area contributed by atoms with Crippen molar-refractivity contribution in [3.05, 3.63) is 48.0 Å². The Morgan fingerprint density at radius 1 is 1.09 bits per heavy atom. The molecule has 0 spiro atoms. The van der Waals surface area contributed by atoms with E-state index < -0.39 is 0 Å². The largest absolute Gasteiger partial charge is 0.497 e. The van der Waals surface area contributed by atoms with E-state index in [9.17, 15) is 9.59 Å². The molecule has 0 aromatic heterocycles. The van der Waals surface area contributed by atoms with E-state index in [0.717, 1.165) is 49.7 Å². The number of aryl methyl sites for hydroxylation is 1. The fourth-order valence-corrected chi connectivity index (χ4v) is 4.45. The fraction of sp³-hybridized carbons (Fsp3) is 0.440. The second-order valence-electron chi connectivity index (χ2n) is 8.52. The Morgan fingerprint density at radius 2 is 1.88 bits per heavy atom. The predicted octanol–water partition coefficient (Wildman–Crippen LogP) is 3.14. The van der Waals surface area contributed by atoms with Crippen molar-refractivity contribution in [2.75, 3.05) is 61.5 Å². The summed E-state index contributed by atoms with van der Waals surface area (Å²) >= 11 is 0. The summed E-state index contributed by atoms with van der Waals surface area (Å²) in [5.74, 6) is 0.151. The molecule has 0 bridgehead atoms. The van der Waals surface area contributed by atoms with E-state index in [2.05, 4.69) is 34.2 Å². The Labute approximate surface area is 189 Å². The van der Waals surface area contributed by atoms with Gasteiger partial charge >= 0.3 is 0 Å². The summed E-state index contributed by atoms with van der Waals surface area (Å²) in [7, 11) is 1.60. The lowest BCUT2D eigenvalue weighted by atomic mass is 10.1. The van der Waals surface area contributed by atoms with Gasteiger partial charge in [0.25, 0.3) is 0 Å². The number of carbonyl (C=O) groups excluding carboxylic acids is 2. The van der Waals surface area contributed by atoms with Crippen molar-refractivity contribution in [1.82, 2.24) is 4.90 Å². The SMILES string of the molecule is CCN1CCN(c2ccc(NC(=O)[C@H]3CC(=O)N(c4cccc(OC)c4)C3)c(C)c2)CC1. The number of piperazine rings is 1. The average Bonchev–Trinajstić information content (AvgIpc) is 3.22. The average molecular weight is 437 g/mol. The summed E-state index contributed by atoms with van der Waals surface area (Å²) in [6.45, 7) is 9.87. The minimum atomic E-state index is -0.380. The number of methoxy groups -OCH3 is 1. The van der Waals surface area contributed by atoms with Crippen molar-refractivity contribution >= 4 is 28.9 Å². The van der Waals surface area contributed by atoms with E-state index in [-0.39, 0.29) is 24.2 Å². The molecule has 7 nitrogen and oxygen atoms in total.